The summed E-state index contributed by atoms with van der Waals surface area (Å²) in [5.41, 5.74) is 1.31. The number of hydrogen-bond donors (Lipinski definition) is 0. The third kappa shape index (κ3) is 13.6. The van der Waals surface area contributed by atoms with Gasteiger partial charge in [-0.3, -0.25) is 4.99 Å². The van der Waals surface area contributed by atoms with Gasteiger partial charge in [0.15, 0.2) is 0 Å². The van der Waals surface area contributed by atoms with Gasteiger partial charge in [0.25, 0.3) is 0 Å². The molecule has 0 aromatic carbocycles. The van der Waals surface area contributed by atoms with Gasteiger partial charge in [0.05, 0.1) is 0 Å². The van der Waals surface area contributed by atoms with Gasteiger partial charge in [0, 0.05) is 12.8 Å². The monoisotopic (exact) mass is 239 g/mol. The Balaban J connectivity index is 2.99. The Hall–Kier alpha value is -0.330. The molecule has 0 aliphatic rings. The number of nitrogens with zero attached hydrogens (tertiary/aromatic N) is 1. The molecule has 0 aromatic heterocycles. The molecule has 0 rings (SSSR count). The van der Waals surface area contributed by atoms with E-state index in [4.69, 9.17) is 0 Å². The molecule has 17 heavy (non-hydrogen) atoms. The van der Waals surface area contributed by atoms with Crippen LogP contribution in [0.2, 0.25) is 0 Å². The average Bonchev–Trinajstić information content (AvgIpc) is 2.35. The van der Waals surface area contributed by atoms with Gasteiger partial charge < -0.3 is 0 Å². The predicted molar refractivity (Wildman–Crippen MR) is 80.1 cm³/mol. The molecule has 1 heteroatoms. The van der Waals surface area contributed by atoms with E-state index in [0.29, 0.717) is 0 Å². The molecule has 1 nitrogen and oxygen atoms in total. The number of hydrogen-bond acceptors (Lipinski definition) is 1. The van der Waals surface area contributed by atoms with E-state index in [-0.39, 0.29) is 0 Å². The molecule has 0 aliphatic carbocycles. The zero-order valence-corrected chi connectivity index (χ0v) is 12.4. The lowest BCUT2D eigenvalue weighted by Crippen LogP contribution is -1.90. The van der Waals surface area contributed by atoms with Crippen molar-refractivity contribution in [1.29, 1.82) is 0 Å². The van der Waals surface area contributed by atoms with Crippen molar-refractivity contribution in [2.75, 3.05) is 7.05 Å². The van der Waals surface area contributed by atoms with Crippen molar-refractivity contribution >= 4 is 5.71 Å². The molecule has 102 valence electrons. The highest BCUT2D eigenvalue weighted by Crippen LogP contribution is 2.11. The minimum absolute atomic E-state index is 1.20. The SMILES string of the molecule is CCCCCCCCCCCCCC(C)=NC. The first kappa shape index (κ1) is 16.7. The van der Waals surface area contributed by atoms with Gasteiger partial charge >= 0.3 is 0 Å². The van der Waals surface area contributed by atoms with Crippen molar-refractivity contribution in [1.82, 2.24) is 0 Å². The molecule has 0 saturated heterocycles. The minimum atomic E-state index is 1.20. The molecule has 0 unspecified atom stereocenters. The normalized spacial score (nSPS) is 12.1. The van der Waals surface area contributed by atoms with Gasteiger partial charge in [0.2, 0.25) is 0 Å². The van der Waals surface area contributed by atoms with Crippen molar-refractivity contribution in [2.45, 2.75) is 90.9 Å². The summed E-state index contributed by atoms with van der Waals surface area (Å²) in [7, 11) is 1.90. The average molecular weight is 239 g/mol. The number of unbranched alkanes of at least 4 members (excludes halogenated alkanes) is 10. The van der Waals surface area contributed by atoms with E-state index in [1.54, 1.807) is 0 Å². The lowest BCUT2D eigenvalue weighted by molar-refractivity contribution is 0.552. The largest absolute Gasteiger partial charge is 0.298 e. The van der Waals surface area contributed by atoms with E-state index in [0.717, 1.165) is 0 Å². The summed E-state index contributed by atoms with van der Waals surface area (Å²) in [4.78, 5) is 4.19. The maximum absolute atomic E-state index is 4.19. The van der Waals surface area contributed by atoms with Crippen LogP contribution in [0, 0.1) is 0 Å². The lowest BCUT2D eigenvalue weighted by Gasteiger charge is -2.02. The first-order valence-corrected chi connectivity index (χ1v) is 7.73. The van der Waals surface area contributed by atoms with Crippen LogP contribution in [0.4, 0.5) is 0 Å². The Bertz CT molecular complexity index is 172. The quantitative estimate of drug-likeness (QED) is 0.302. The Morgan fingerprint density at radius 3 is 1.53 bits per heavy atom. The summed E-state index contributed by atoms with van der Waals surface area (Å²) >= 11 is 0. The fraction of sp³-hybridized carbons (Fsp3) is 0.938. The summed E-state index contributed by atoms with van der Waals surface area (Å²) in [6, 6.07) is 0. The van der Waals surface area contributed by atoms with Gasteiger partial charge in [-0.15, -0.1) is 0 Å². The first-order valence-electron chi connectivity index (χ1n) is 7.73. The maximum Gasteiger partial charge on any atom is 0.0276 e. The Kier molecular flexibility index (Phi) is 13.5. The highest BCUT2D eigenvalue weighted by Gasteiger charge is 1.94. The maximum atomic E-state index is 4.19. The van der Waals surface area contributed by atoms with Crippen molar-refractivity contribution in [3.8, 4) is 0 Å². The van der Waals surface area contributed by atoms with Crippen LogP contribution in [0.5, 0.6) is 0 Å². The van der Waals surface area contributed by atoms with Crippen molar-refractivity contribution in [2.24, 2.45) is 4.99 Å². The molecule has 0 saturated carbocycles. The second-order valence-corrected chi connectivity index (χ2v) is 5.24. The molecule has 0 fully saturated rings. The van der Waals surface area contributed by atoms with E-state index >= 15 is 0 Å². The molecular weight excluding hydrogens is 206 g/mol. The summed E-state index contributed by atoms with van der Waals surface area (Å²) in [6.45, 7) is 4.42. The Labute approximate surface area is 109 Å². The third-order valence-corrected chi connectivity index (χ3v) is 3.52. The van der Waals surface area contributed by atoms with E-state index in [9.17, 15) is 0 Å². The summed E-state index contributed by atoms with van der Waals surface area (Å²) in [5, 5.41) is 0. The van der Waals surface area contributed by atoms with E-state index in [1.165, 1.54) is 82.8 Å². The topological polar surface area (TPSA) is 12.4 Å². The minimum Gasteiger partial charge on any atom is -0.298 e. The van der Waals surface area contributed by atoms with Crippen molar-refractivity contribution in [3.63, 3.8) is 0 Å². The zero-order chi connectivity index (χ0) is 12.8. The van der Waals surface area contributed by atoms with Crippen LogP contribution >= 0.6 is 0 Å². The summed E-state index contributed by atoms with van der Waals surface area (Å²) in [6.07, 6.45) is 16.9. The molecule has 0 aliphatic heterocycles. The molecular formula is C16H33N. The van der Waals surface area contributed by atoms with Crippen molar-refractivity contribution in [3.05, 3.63) is 0 Å². The highest BCUT2D eigenvalue weighted by atomic mass is 14.7. The van der Waals surface area contributed by atoms with E-state index < -0.39 is 0 Å². The van der Waals surface area contributed by atoms with Crippen LogP contribution < -0.4 is 0 Å². The molecule has 0 N–H and O–H groups in total. The van der Waals surface area contributed by atoms with Gasteiger partial charge in [-0.25, -0.2) is 0 Å². The van der Waals surface area contributed by atoms with Gasteiger partial charge in [-0.2, -0.15) is 0 Å². The zero-order valence-electron chi connectivity index (χ0n) is 12.4. The van der Waals surface area contributed by atoms with Crippen molar-refractivity contribution < 1.29 is 0 Å². The number of aliphatic imine (C=N–C) groups is 1. The van der Waals surface area contributed by atoms with Gasteiger partial charge in [-0.1, -0.05) is 71.1 Å². The van der Waals surface area contributed by atoms with Crippen LogP contribution in [-0.4, -0.2) is 12.8 Å². The van der Waals surface area contributed by atoms with Crippen LogP contribution in [0.15, 0.2) is 4.99 Å². The molecule has 0 atom stereocenters. The highest BCUT2D eigenvalue weighted by molar-refractivity contribution is 5.81. The molecule has 0 aromatic rings. The summed E-state index contributed by atoms with van der Waals surface area (Å²) < 4.78 is 0. The predicted octanol–water partition coefficient (Wildman–Crippen LogP) is 5.78. The fourth-order valence-corrected chi connectivity index (χ4v) is 2.16. The van der Waals surface area contributed by atoms with Gasteiger partial charge in [0.1, 0.15) is 0 Å². The second-order valence-electron chi connectivity index (χ2n) is 5.24. The van der Waals surface area contributed by atoms with Crippen LogP contribution in [0.1, 0.15) is 90.9 Å². The lowest BCUT2D eigenvalue weighted by atomic mass is 10.0. The smallest absolute Gasteiger partial charge is 0.0276 e. The molecule has 0 bridgehead atoms. The van der Waals surface area contributed by atoms with E-state index in [2.05, 4.69) is 18.8 Å². The Morgan fingerprint density at radius 2 is 1.12 bits per heavy atom. The third-order valence-electron chi connectivity index (χ3n) is 3.52. The first-order chi connectivity index (χ1) is 8.31. The van der Waals surface area contributed by atoms with E-state index in [1.807, 2.05) is 7.05 Å². The van der Waals surface area contributed by atoms with Crippen LogP contribution in [-0.2, 0) is 0 Å². The fourth-order valence-electron chi connectivity index (χ4n) is 2.16. The van der Waals surface area contributed by atoms with Gasteiger partial charge in [-0.05, 0) is 19.8 Å². The second kappa shape index (κ2) is 13.7. The van der Waals surface area contributed by atoms with Crippen LogP contribution in [0.25, 0.3) is 0 Å². The molecule has 0 spiro atoms. The molecule has 0 amide bonds. The molecule has 0 radical (unpaired) electrons. The molecule has 0 heterocycles. The number of rotatable bonds is 12. The van der Waals surface area contributed by atoms with Crippen LogP contribution in [0.3, 0.4) is 0 Å². The Morgan fingerprint density at radius 1 is 0.706 bits per heavy atom. The standard InChI is InChI=1S/C16H33N/c1-4-5-6-7-8-9-10-11-12-13-14-15-16(2)17-3/h4-15H2,1-3H3. The summed E-state index contributed by atoms with van der Waals surface area (Å²) in [5.74, 6) is 0.